The number of hydrogen-bond donors (Lipinski definition) is 1. The van der Waals surface area contributed by atoms with Gasteiger partial charge in [0.2, 0.25) is 11.2 Å². The summed E-state index contributed by atoms with van der Waals surface area (Å²) < 4.78 is 5.41. The number of rotatable bonds is 6. The Morgan fingerprint density at radius 1 is 1.10 bits per heavy atom. The van der Waals surface area contributed by atoms with Crippen LogP contribution in [-0.2, 0) is 0 Å². The minimum atomic E-state index is -0.148. The highest BCUT2D eigenvalue weighted by molar-refractivity contribution is 6.28. The number of halogens is 1. The van der Waals surface area contributed by atoms with Crippen molar-refractivity contribution in [3.63, 3.8) is 0 Å². The summed E-state index contributed by atoms with van der Waals surface area (Å²) >= 11 is 5.91. The van der Waals surface area contributed by atoms with Crippen LogP contribution in [0.3, 0.4) is 0 Å². The van der Waals surface area contributed by atoms with Crippen molar-refractivity contribution in [3.8, 4) is 6.01 Å². The van der Waals surface area contributed by atoms with E-state index < -0.39 is 0 Å². The average Bonchev–Trinajstić information content (AvgIpc) is 2.21. The van der Waals surface area contributed by atoms with Gasteiger partial charge in [0, 0.05) is 5.54 Å². The van der Waals surface area contributed by atoms with Crippen molar-refractivity contribution in [1.82, 2.24) is 15.0 Å². The van der Waals surface area contributed by atoms with Crippen molar-refractivity contribution in [1.29, 1.82) is 0 Å². The van der Waals surface area contributed by atoms with Gasteiger partial charge in [0.25, 0.3) is 0 Å². The Labute approximate surface area is 126 Å². The van der Waals surface area contributed by atoms with E-state index in [1.54, 1.807) is 0 Å². The topological polar surface area (TPSA) is 59.9 Å². The molecule has 0 atom stereocenters. The van der Waals surface area contributed by atoms with E-state index in [4.69, 9.17) is 16.3 Å². The third-order valence-electron chi connectivity index (χ3n) is 2.45. The molecule has 1 heterocycles. The van der Waals surface area contributed by atoms with Crippen LogP contribution in [0, 0.1) is 5.41 Å². The molecule has 0 unspecified atom stereocenters. The van der Waals surface area contributed by atoms with E-state index in [-0.39, 0.29) is 22.2 Å². The summed E-state index contributed by atoms with van der Waals surface area (Å²) in [7, 11) is 0. The van der Waals surface area contributed by atoms with Crippen molar-refractivity contribution in [2.75, 3.05) is 11.9 Å². The Morgan fingerprint density at radius 2 is 1.75 bits per heavy atom. The molecule has 0 amide bonds. The highest BCUT2D eigenvalue weighted by Gasteiger charge is 2.26. The zero-order valence-corrected chi connectivity index (χ0v) is 14.0. The van der Waals surface area contributed by atoms with E-state index in [0.29, 0.717) is 12.6 Å². The molecule has 0 aliphatic heterocycles. The van der Waals surface area contributed by atoms with Gasteiger partial charge in [0.05, 0.1) is 6.61 Å². The zero-order valence-electron chi connectivity index (χ0n) is 13.2. The quantitative estimate of drug-likeness (QED) is 0.862. The van der Waals surface area contributed by atoms with Crippen LogP contribution in [0.1, 0.15) is 54.4 Å². The van der Waals surface area contributed by atoms with Crippen LogP contribution in [0.15, 0.2) is 0 Å². The molecule has 1 aromatic rings. The summed E-state index contributed by atoms with van der Waals surface area (Å²) in [6.07, 6.45) is 1.86. The fourth-order valence-corrected chi connectivity index (χ4v) is 2.47. The Hall–Kier alpha value is -1.10. The van der Waals surface area contributed by atoms with E-state index in [9.17, 15) is 0 Å². The van der Waals surface area contributed by atoms with Gasteiger partial charge in [0.1, 0.15) is 0 Å². The largest absolute Gasteiger partial charge is 0.463 e. The monoisotopic (exact) mass is 300 g/mol. The fraction of sp³-hybridized carbons (Fsp3) is 0.786. The molecule has 0 aromatic carbocycles. The number of hydrogen-bond acceptors (Lipinski definition) is 5. The molecule has 0 bridgehead atoms. The molecule has 0 spiro atoms. The van der Waals surface area contributed by atoms with E-state index in [1.807, 2.05) is 6.92 Å². The first-order chi connectivity index (χ1) is 9.11. The molecule has 114 valence electrons. The molecule has 5 nitrogen and oxygen atoms in total. The van der Waals surface area contributed by atoms with Crippen molar-refractivity contribution in [2.24, 2.45) is 5.41 Å². The van der Waals surface area contributed by atoms with Crippen LogP contribution in [0.5, 0.6) is 6.01 Å². The van der Waals surface area contributed by atoms with Gasteiger partial charge >= 0.3 is 6.01 Å². The summed E-state index contributed by atoms with van der Waals surface area (Å²) in [4.78, 5) is 12.3. The average molecular weight is 301 g/mol. The van der Waals surface area contributed by atoms with Gasteiger partial charge in [-0.3, -0.25) is 0 Å². The summed E-state index contributed by atoms with van der Waals surface area (Å²) in [6.45, 7) is 13.4. The van der Waals surface area contributed by atoms with Gasteiger partial charge in [-0.25, -0.2) is 0 Å². The lowest BCUT2D eigenvalue weighted by molar-refractivity contribution is 0.289. The van der Waals surface area contributed by atoms with Crippen molar-refractivity contribution in [2.45, 2.75) is 59.9 Å². The number of ether oxygens (including phenoxy) is 1. The third kappa shape index (κ3) is 6.37. The second kappa shape index (κ2) is 6.57. The highest BCUT2D eigenvalue weighted by atomic mass is 35.5. The fourth-order valence-electron chi connectivity index (χ4n) is 2.32. The summed E-state index contributed by atoms with van der Waals surface area (Å²) in [5, 5.41) is 3.44. The first-order valence-corrected chi connectivity index (χ1v) is 7.32. The van der Waals surface area contributed by atoms with Crippen LogP contribution in [0.25, 0.3) is 0 Å². The minimum absolute atomic E-state index is 0.139. The van der Waals surface area contributed by atoms with Crippen LogP contribution < -0.4 is 10.1 Å². The maximum absolute atomic E-state index is 5.91. The van der Waals surface area contributed by atoms with Crippen LogP contribution in [-0.4, -0.2) is 27.1 Å². The van der Waals surface area contributed by atoms with Crippen molar-refractivity contribution in [3.05, 3.63) is 5.28 Å². The van der Waals surface area contributed by atoms with Gasteiger partial charge in [-0.1, -0.05) is 27.7 Å². The molecule has 0 saturated carbocycles. The van der Waals surface area contributed by atoms with Gasteiger partial charge in [0.15, 0.2) is 0 Å². The molecular formula is C14H25ClN4O. The van der Waals surface area contributed by atoms with E-state index in [0.717, 1.165) is 12.8 Å². The normalized spacial score (nSPS) is 12.3. The Balaban J connectivity index is 2.83. The van der Waals surface area contributed by atoms with Crippen LogP contribution in [0.4, 0.5) is 5.95 Å². The van der Waals surface area contributed by atoms with Crippen molar-refractivity contribution < 1.29 is 4.74 Å². The van der Waals surface area contributed by atoms with Crippen LogP contribution in [0.2, 0.25) is 5.28 Å². The Kier molecular flexibility index (Phi) is 5.57. The van der Waals surface area contributed by atoms with Crippen LogP contribution >= 0.6 is 11.6 Å². The lowest BCUT2D eigenvalue weighted by Gasteiger charge is -2.33. The van der Waals surface area contributed by atoms with Crippen molar-refractivity contribution >= 4 is 17.5 Å². The smallest absolute Gasteiger partial charge is 0.322 e. The SMILES string of the molecule is CCCOc1nc(Cl)nc(NC(C)(C)CC(C)(C)C)n1. The Bertz CT molecular complexity index is 443. The molecule has 6 heteroatoms. The number of nitrogens with one attached hydrogen (secondary N) is 1. The molecule has 0 radical (unpaired) electrons. The third-order valence-corrected chi connectivity index (χ3v) is 2.61. The molecular weight excluding hydrogens is 276 g/mol. The molecule has 0 fully saturated rings. The lowest BCUT2D eigenvalue weighted by atomic mass is 9.82. The molecule has 1 N–H and O–H groups in total. The predicted molar refractivity (Wildman–Crippen MR) is 82.4 cm³/mol. The van der Waals surface area contributed by atoms with Gasteiger partial charge in [-0.05, 0) is 43.7 Å². The highest BCUT2D eigenvalue weighted by Crippen LogP contribution is 2.29. The molecule has 0 saturated heterocycles. The first-order valence-electron chi connectivity index (χ1n) is 6.94. The number of aromatic nitrogens is 3. The lowest BCUT2D eigenvalue weighted by Crippen LogP contribution is -2.36. The molecule has 1 aromatic heterocycles. The second-order valence-electron chi connectivity index (χ2n) is 6.81. The first kappa shape index (κ1) is 17.0. The summed E-state index contributed by atoms with van der Waals surface area (Å²) in [5.74, 6) is 0.449. The number of anilines is 1. The van der Waals surface area contributed by atoms with E-state index >= 15 is 0 Å². The minimum Gasteiger partial charge on any atom is -0.463 e. The molecule has 1 rings (SSSR count). The van der Waals surface area contributed by atoms with Gasteiger partial charge < -0.3 is 10.1 Å². The molecule has 0 aliphatic rings. The second-order valence-corrected chi connectivity index (χ2v) is 7.14. The molecule has 20 heavy (non-hydrogen) atoms. The predicted octanol–water partition coefficient (Wildman–Crippen LogP) is 3.94. The Morgan fingerprint density at radius 3 is 2.30 bits per heavy atom. The van der Waals surface area contributed by atoms with Gasteiger partial charge in [-0.15, -0.1) is 0 Å². The summed E-state index contributed by atoms with van der Waals surface area (Å²) in [6, 6.07) is 0.265. The van der Waals surface area contributed by atoms with Gasteiger partial charge in [-0.2, -0.15) is 15.0 Å². The summed E-state index contributed by atoms with van der Waals surface area (Å²) in [5.41, 5.74) is 0.0554. The maximum Gasteiger partial charge on any atom is 0.322 e. The number of nitrogens with zero attached hydrogens (tertiary/aromatic N) is 3. The maximum atomic E-state index is 5.91. The molecule has 0 aliphatic carbocycles. The zero-order chi connectivity index (χ0) is 15.4. The van der Waals surface area contributed by atoms with E-state index in [1.165, 1.54) is 0 Å². The van der Waals surface area contributed by atoms with E-state index in [2.05, 4.69) is 54.9 Å². The standard InChI is InChI=1S/C14H25ClN4O/c1-7-8-20-12-17-10(15)16-11(18-12)19-14(5,6)9-13(2,3)4/h7-9H2,1-6H3,(H,16,17,18,19).